The number of carbonyl (C=O) groups is 1. The number of benzene rings is 1. The summed E-state index contributed by atoms with van der Waals surface area (Å²) in [5, 5.41) is 8.97. The molecule has 1 unspecified atom stereocenters. The Kier molecular flexibility index (Phi) is 6.14. The van der Waals surface area contributed by atoms with Crippen molar-refractivity contribution in [3.8, 4) is 17.2 Å². The van der Waals surface area contributed by atoms with Crippen LogP contribution in [0.15, 0.2) is 22.6 Å². The van der Waals surface area contributed by atoms with E-state index in [-0.39, 0.29) is 17.8 Å². The van der Waals surface area contributed by atoms with Crippen molar-refractivity contribution in [1.29, 1.82) is 0 Å². The van der Waals surface area contributed by atoms with E-state index in [2.05, 4.69) is 10.2 Å². The molecule has 6 nitrogen and oxygen atoms in total. The summed E-state index contributed by atoms with van der Waals surface area (Å²) in [7, 11) is 0. The second-order valence-electron chi connectivity index (χ2n) is 6.33. The van der Waals surface area contributed by atoms with Crippen LogP contribution in [0.3, 0.4) is 0 Å². The minimum Gasteiger partial charge on any atom is -0.493 e. The lowest BCUT2D eigenvalue weighted by Crippen LogP contribution is -2.24. The van der Waals surface area contributed by atoms with Gasteiger partial charge in [-0.05, 0) is 51.3 Å². The molecule has 0 bridgehead atoms. The lowest BCUT2D eigenvalue weighted by molar-refractivity contribution is -0.149. The van der Waals surface area contributed by atoms with Crippen LogP contribution in [0.4, 0.5) is 0 Å². The summed E-state index contributed by atoms with van der Waals surface area (Å²) in [6.45, 7) is 4.66. The van der Waals surface area contributed by atoms with Gasteiger partial charge in [-0.3, -0.25) is 4.79 Å². The molecule has 0 saturated heterocycles. The van der Waals surface area contributed by atoms with E-state index < -0.39 is 0 Å². The maximum absolute atomic E-state index is 12.0. The molecule has 7 heteroatoms. The third kappa shape index (κ3) is 4.18. The van der Waals surface area contributed by atoms with Gasteiger partial charge in [-0.25, -0.2) is 0 Å². The van der Waals surface area contributed by atoms with Gasteiger partial charge in [0.2, 0.25) is 5.89 Å². The first-order chi connectivity index (χ1) is 12.6. The van der Waals surface area contributed by atoms with Crippen LogP contribution in [0.2, 0.25) is 5.02 Å². The first-order valence-electron chi connectivity index (χ1n) is 9.05. The van der Waals surface area contributed by atoms with Crippen molar-refractivity contribution < 1.29 is 18.7 Å². The summed E-state index contributed by atoms with van der Waals surface area (Å²) >= 11 is 6.11. The number of aromatic nitrogens is 2. The molecule has 1 fully saturated rings. The van der Waals surface area contributed by atoms with Crippen molar-refractivity contribution in [3.63, 3.8) is 0 Å². The number of ether oxygens (including phenoxy) is 2. The largest absolute Gasteiger partial charge is 0.493 e. The molecule has 2 aromatic rings. The van der Waals surface area contributed by atoms with Crippen LogP contribution in [0.5, 0.6) is 5.75 Å². The molecule has 0 amide bonds. The fourth-order valence-corrected chi connectivity index (χ4v) is 3.52. The smallest absolute Gasteiger partial charge is 0.308 e. The number of hydrogen-bond acceptors (Lipinski definition) is 6. The van der Waals surface area contributed by atoms with E-state index in [4.69, 9.17) is 25.5 Å². The molecule has 1 aliphatic rings. The highest BCUT2D eigenvalue weighted by molar-refractivity contribution is 6.30. The molecule has 1 aromatic heterocycles. The molecule has 0 N–H and O–H groups in total. The normalized spacial score (nSPS) is 20.0. The SMILES string of the molecule is CCOC(=O)C1CCC[C@H](c2nnc(-c3cc(Cl)ccc3OCC)o2)C1. The summed E-state index contributed by atoms with van der Waals surface area (Å²) in [6, 6.07) is 5.31. The van der Waals surface area contributed by atoms with Crippen molar-refractivity contribution in [2.24, 2.45) is 5.92 Å². The zero-order valence-corrected chi connectivity index (χ0v) is 15.8. The average molecular weight is 379 g/mol. The fraction of sp³-hybridized carbons (Fsp3) is 0.526. The first-order valence-corrected chi connectivity index (χ1v) is 9.42. The Morgan fingerprint density at radius 1 is 1.27 bits per heavy atom. The monoisotopic (exact) mass is 378 g/mol. The van der Waals surface area contributed by atoms with E-state index in [0.29, 0.717) is 47.8 Å². The second kappa shape index (κ2) is 8.54. The van der Waals surface area contributed by atoms with Crippen LogP contribution in [-0.4, -0.2) is 29.4 Å². The highest BCUT2D eigenvalue weighted by atomic mass is 35.5. The van der Waals surface area contributed by atoms with Crippen LogP contribution in [-0.2, 0) is 9.53 Å². The quantitative estimate of drug-likeness (QED) is 0.682. The molecular formula is C19H23ClN2O4. The van der Waals surface area contributed by atoms with Crippen molar-refractivity contribution in [2.75, 3.05) is 13.2 Å². The predicted octanol–water partition coefficient (Wildman–Crippen LogP) is 4.63. The Morgan fingerprint density at radius 3 is 2.88 bits per heavy atom. The van der Waals surface area contributed by atoms with E-state index in [9.17, 15) is 4.79 Å². The molecule has 2 atom stereocenters. The van der Waals surface area contributed by atoms with Crippen LogP contribution < -0.4 is 4.74 Å². The van der Waals surface area contributed by atoms with Gasteiger partial charge in [0, 0.05) is 10.9 Å². The van der Waals surface area contributed by atoms with Crippen LogP contribution in [0.25, 0.3) is 11.5 Å². The minimum absolute atomic E-state index is 0.0640. The van der Waals surface area contributed by atoms with E-state index >= 15 is 0 Å². The van der Waals surface area contributed by atoms with Gasteiger partial charge >= 0.3 is 5.97 Å². The summed E-state index contributed by atoms with van der Waals surface area (Å²) in [5.74, 6) is 1.41. The molecule has 1 saturated carbocycles. The topological polar surface area (TPSA) is 74.5 Å². The Labute approximate surface area is 157 Å². The number of rotatable bonds is 6. The molecule has 0 spiro atoms. The minimum atomic E-state index is -0.134. The number of halogens is 1. The summed E-state index contributed by atoms with van der Waals surface area (Å²) in [5.41, 5.74) is 0.677. The van der Waals surface area contributed by atoms with Gasteiger partial charge in [0.25, 0.3) is 5.89 Å². The molecule has 1 aliphatic carbocycles. The van der Waals surface area contributed by atoms with Crippen LogP contribution in [0.1, 0.15) is 51.3 Å². The van der Waals surface area contributed by atoms with Crippen molar-refractivity contribution in [3.05, 3.63) is 29.1 Å². The van der Waals surface area contributed by atoms with Crippen LogP contribution >= 0.6 is 11.6 Å². The number of carbonyl (C=O) groups excluding carboxylic acids is 1. The number of hydrogen-bond donors (Lipinski definition) is 0. The Bertz CT molecular complexity index is 762. The molecule has 3 rings (SSSR count). The maximum atomic E-state index is 12.0. The zero-order valence-electron chi connectivity index (χ0n) is 15.0. The fourth-order valence-electron chi connectivity index (χ4n) is 3.35. The lowest BCUT2D eigenvalue weighted by Gasteiger charge is -2.25. The third-order valence-electron chi connectivity index (χ3n) is 4.56. The van der Waals surface area contributed by atoms with Gasteiger partial charge in [0.05, 0.1) is 24.7 Å². The van der Waals surface area contributed by atoms with Gasteiger partial charge in [-0.1, -0.05) is 18.0 Å². The van der Waals surface area contributed by atoms with Crippen molar-refractivity contribution in [2.45, 2.75) is 45.4 Å². The average Bonchev–Trinajstić information content (AvgIpc) is 3.14. The predicted molar refractivity (Wildman–Crippen MR) is 97.2 cm³/mol. The first kappa shape index (κ1) is 18.7. The molecule has 1 heterocycles. The van der Waals surface area contributed by atoms with Gasteiger partial charge < -0.3 is 13.9 Å². The third-order valence-corrected chi connectivity index (χ3v) is 4.79. The summed E-state index contributed by atoms with van der Waals surface area (Å²) in [6.07, 6.45) is 3.38. The van der Waals surface area contributed by atoms with E-state index in [1.807, 2.05) is 13.8 Å². The molecule has 140 valence electrons. The van der Waals surface area contributed by atoms with E-state index in [0.717, 1.165) is 19.3 Å². The molecule has 26 heavy (non-hydrogen) atoms. The second-order valence-corrected chi connectivity index (χ2v) is 6.77. The molecule has 0 aliphatic heterocycles. The number of esters is 1. The standard InChI is InChI=1S/C19H23ClN2O4/c1-3-24-16-9-8-14(20)11-15(16)18-22-21-17(26-18)12-6-5-7-13(10-12)19(23)25-4-2/h8-9,11-13H,3-7,10H2,1-2H3/t12-,13?/m0/s1. The van der Waals surface area contributed by atoms with E-state index in [1.54, 1.807) is 18.2 Å². The number of nitrogens with zero attached hydrogens (tertiary/aromatic N) is 2. The Morgan fingerprint density at radius 2 is 2.12 bits per heavy atom. The van der Waals surface area contributed by atoms with Gasteiger partial charge in [0.15, 0.2) is 0 Å². The Balaban J connectivity index is 1.80. The molecule has 0 radical (unpaired) electrons. The zero-order chi connectivity index (χ0) is 18.5. The van der Waals surface area contributed by atoms with Gasteiger partial charge in [-0.15, -0.1) is 10.2 Å². The lowest BCUT2D eigenvalue weighted by atomic mass is 9.81. The van der Waals surface area contributed by atoms with Crippen molar-refractivity contribution in [1.82, 2.24) is 10.2 Å². The Hall–Kier alpha value is -2.08. The maximum Gasteiger partial charge on any atom is 0.308 e. The summed E-state index contributed by atoms with van der Waals surface area (Å²) in [4.78, 5) is 12.0. The van der Waals surface area contributed by atoms with Gasteiger partial charge in [-0.2, -0.15) is 0 Å². The highest BCUT2D eigenvalue weighted by Gasteiger charge is 2.32. The van der Waals surface area contributed by atoms with Crippen molar-refractivity contribution >= 4 is 17.6 Å². The molecule has 1 aromatic carbocycles. The van der Waals surface area contributed by atoms with Crippen LogP contribution in [0, 0.1) is 5.92 Å². The van der Waals surface area contributed by atoms with Gasteiger partial charge in [0.1, 0.15) is 5.75 Å². The molecular weight excluding hydrogens is 356 g/mol. The van der Waals surface area contributed by atoms with E-state index in [1.165, 1.54) is 0 Å². The summed E-state index contributed by atoms with van der Waals surface area (Å²) < 4.78 is 16.7. The highest BCUT2D eigenvalue weighted by Crippen LogP contribution is 2.38.